The van der Waals surface area contributed by atoms with E-state index >= 15 is 0 Å². The monoisotopic (exact) mass is 296 g/mol. The molecular weight excluding hydrogens is 287 g/mol. The Hall–Kier alpha value is -2.14. The molecule has 0 fully saturated rings. The highest BCUT2D eigenvalue weighted by Gasteiger charge is 2.18. The second-order valence-corrected chi connectivity index (χ2v) is 4.26. The molecule has 20 heavy (non-hydrogen) atoms. The van der Waals surface area contributed by atoms with Crippen LogP contribution >= 0.6 is 11.6 Å². The van der Waals surface area contributed by atoms with Gasteiger partial charge in [-0.15, -0.1) is 0 Å². The summed E-state index contributed by atoms with van der Waals surface area (Å²) in [6.45, 7) is 1.83. The van der Waals surface area contributed by atoms with Crippen molar-refractivity contribution < 1.29 is 23.1 Å². The summed E-state index contributed by atoms with van der Waals surface area (Å²) in [5.74, 6) is -1.12. The average molecular weight is 297 g/mol. The predicted molar refractivity (Wildman–Crippen MR) is 70.5 cm³/mol. The maximum atomic E-state index is 13.9. The quantitative estimate of drug-likeness (QED) is 0.637. The molecule has 0 amide bonds. The third-order valence-electron chi connectivity index (χ3n) is 2.56. The molecule has 0 aliphatic heterocycles. The van der Waals surface area contributed by atoms with Gasteiger partial charge >= 0.3 is 5.97 Å². The van der Waals surface area contributed by atoms with Gasteiger partial charge in [0.05, 0.1) is 22.8 Å². The highest BCUT2D eigenvalue weighted by molar-refractivity contribution is 6.33. The Balaban J connectivity index is 2.50. The van der Waals surface area contributed by atoms with Gasteiger partial charge in [-0.3, -0.25) is 4.79 Å². The highest BCUT2D eigenvalue weighted by atomic mass is 35.5. The Morgan fingerprint density at radius 3 is 2.80 bits per heavy atom. The van der Waals surface area contributed by atoms with Gasteiger partial charge < -0.3 is 9.15 Å². The van der Waals surface area contributed by atoms with Crippen molar-refractivity contribution in [2.75, 3.05) is 6.61 Å². The van der Waals surface area contributed by atoms with E-state index in [0.29, 0.717) is 6.29 Å². The molecule has 0 radical (unpaired) electrons. The molecule has 2 aromatic rings. The summed E-state index contributed by atoms with van der Waals surface area (Å²) in [6, 6.07) is 5.08. The van der Waals surface area contributed by atoms with E-state index in [-0.39, 0.29) is 34.3 Å². The lowest BCUT2D eigenvalue weighted by Crippen LogP contribution is -2.06. The van der Waals surface area contributed by atoms with E-state index in [9.17, 15) is 14.0 Å². The van der Waals surface area contributed by atoms with Crippen LogP contribution in [0.3, 0.4) is 0 Å². The van der Waals surface area contributed by atoms with Gasteiger partial charge in [-0.2, -0.15) is 0 Å². The van der Waals surface area contributed by atoms with Gasteiger partial charge in [-0.05, 0) is 31.2 Å². The van der Waals surface area contributed by atoms with Gasteiger partial charge in [-0.25, -0.2) is 9.18 Å². The predicted octanol–water partition coefficient (Wildman–Crippen LogP) is 3.73. The third-order valence-corrected chi connectivity index (χ3v) is 2.87. The van der Waals surface area contributed by atoms with Crippen LogP contribution in [0.25, 0.3) is 11.3 Å². The molecule has 6 heteroatoms. The van der Waals surface area contributed by atoms with Gasteiger partial charge in [0, 0.05) is 0 Å². The largest absolute Gasteiger partial charge is 0.462 e. The first-order valence-corrected chi connectivity index (χ1v) is 6.16. The van der Waals surface area contributed by atoms with E-state index in [1.165, 1.54) is 18.2 Å². The Morgan fingerprint density at radius 1 is 1.45 bits per heavy atom. The molecule has 0 unspecified atom stereocenters. The van der Waals surface area contributed by atoms with Crippen LogP contribution in [-0.4, -0.2) is 18.9 Å². The Labute approximate surface area is 119 Å². The summed E-state index contributed by atoms with van der Waals surface area (Å²) in [4.78, 5) is 22.3. The molecule has 104 valence electrons. The fourth-order valence-corrected chi connectivity index (χ4v) is 1.89. The fraction of sp³-hybridized carbons (Fsp3) is 0.143. The molecule has 4 nitrogen and oxygen atoms in total. The minimum Gasteiger partial charge on any atom is -0.462 e. The normalized spacial score (nSPS) is 10.3. The molecular formula is C14H10ClFO4. The van der Waals surface area contributed by atoms with Crippen molar-refractivity contribution in [1.82, 2.24) is 0 Å². The molecule has 0 spiro atoms. The van der Waals surface area contributed by atoms with Crippen molar-refractivity contribution in [2.24, 2.45) is 0 Å². The van der Waals surface area contributed by atoms with Crippen LogP contribution in [-0.2, 0) is 4.74 Å². The topological polar surface area (TPSA) is 56.5 Å². The molecule has 0 N–H and O–H groups in total. The van der Waals surface area contributed by atoms with Crippen LogP contribution in [0, 0.1) is 5.82 Å². The molecule has 1 aromatic carbocycles. The number of rotatable bonds is 4. The second kappa shape index (κ2) is 5.88. The van der Waals surface area contributed by atoms with Crippen molar-refractivity contribution in [3.8, 4) is 11.3 Å². The van der Waals surface area contributed by atoms with Crippen molar-refractivity contribution in [2.45, 2.75) is 6.92 Å². The van der Waals surface area contributed by atoms with Gasteiger partial charge in [0.25, 0.3) is 0 Å². The minimum atomic E-state index is -0.658. The maximum absolute atomic E-state index is 13.9. The van der Waals surface area contributed by atoms with E-state index in [1.807, 2.05) is 0 Å². The van der Waals surface area contributed by atoms with Gasteiger partial charge in [0.15, 0.2) is 12.0 Å². The summed E-state index contributed by atoms with van der Waals surface area (Å²) >= 11 is 5.82. The van der Waals surface area contributed by atoms with Crippen LogP contribution in [0.1, 0.15) is 27.8 Å². The zero-order valence-corrected chi connectivity index (χ0v) is 11.2. The van der Waals surface area contributed by atoms with Crippen molar-refractivity contribution in [1.29, 1.82) is 0 Å². The number of halogens is 2. The van der Waals surface area contributed by atoms with Crippen molar-refractivity contribution in [3.05, 3.63) is 46.4 Å². The van der Waals surface area contributed by atoms with Crippen LogP contribution < -0.4 is 0 Å². The fourth-order valence-electron chi connectivity index (χ4n) is 1.66. The SMILES string of the molecule is CCOC(=O)c1cc(-c2ccc(C=O)o2)c(F)cc1Cl. The minimum absolute atomic E-state index is 0.0329. The van der Waals surface area contributed by atoms with Crippen LogP contribution in [0.5, 0.6) is 0 Å². The Bertz CT molecular complexity index is 663. The van der Waals surface area contributed by atoms with Crippen LogP contribution in [0.2, 0.25) is 5.02 Å². The Morgan fingerprint density at radius 2 is 2.20 bits per heavy atom. The first-order chi connectivity index (χ1) is 9.56. The number of aldehydes is 1. The standard InChI is InChI=1S/C14H10ClFO4/c1-2-19-14(18)9-5-10(12(16)6-11(9)15)13-4-3-8(7-17)20-13/h3-7H,2H2,1H3. The van der Waals surface area contributed by atoms with E-state index in [2.05, 4.69) is 0 Å². The van der Waals surface area contributed by atoms with E-state index in [0.717, 1.165) is 6.07 Å². The number of hydrogen-bond acceptors (Lipinski definition) is 4. The molecule has 0 aliphatic rings. The second-order valence-electron chi connectivity index (χ2n) is 3.85. The molecule has 0 bridgehead atoms. The summed E-state index contributed by atoms with van der Waals surface area (Å²) in [6.07, 6.45) is 0.504. The molecule has 1 heterocycles. The molecule has 0 aliphatic carbocycles. The number of benzene rings is 1. The lowest BCUT2D eigenvalue weighted by Gasteiger charge is -2.07. The molecule has 0 atom stereocenters. The number of furan rings is 1. The number of ether oxygens (including phenoxy) is 1. The highest BCUT2D eigenvalue weighted by Crippen LogP contribution is 2.30. The van der Waals surface area contributed by atoms with E-state index in [1.54, 1.807) is 6.92 Å². The number of esters is 1. The van der Waals surface area contributed by atoms with Gasteiger partial charge in [-0.1, -0.05) is 11.6 Å². The lowest BCUT2D eigenvalue weighted by atomic mass is 10.1. The first-order valence-electron chi connectivity index (χ1n) is 5.78. The molecule has 0 saturated carbocycles. The summed E-state index contributed by atoms with van der Waals surface area (Å²) in [5.41, 5.74) is 0.0690. The number of hydrogen-bond donors (Lipinski definition) is 0. The molecule has 2 rings (SSSR count). The van der Waals surface area contributed by atoms with E-state index < -0.39 is 11.8 Å². The summed E-state index contributed by atoms with van der Waals surface area (Å²) < 4.78 is 23.9. The smallest absolute Gasteiger partial charge is 0.339 e. The van der Waals surface area contributed by atoms with Crippen molar-refractivity contribution in [3.63, 3.8) is 0 Å². The zero-order valence-electron chi connectivity index (χ0n) is 10.5. The molecule has 1 aromatic heterocycles. The first kappa shape index (κ1) is 14.3. The number of carbonyl (C=O) groups is 2. The van der Waals surface area contributed by atoms with E-state index in [4.69, 9.17) is 20.8 Å². The Kier molecular flexibility index (Phi) is 4.20. The maximum Gasteiger partial charge on any atom is 0.339 e. The van der Waals surface area contributed by atoms with Crippen LogP contribution in [0.15, 0.2) is 28.7 Å². The molecule has 0 saturated heterocycles. The summed E-state index contributed by atoms with van der Waals surface area (Å²) in [5, 5.41) is -0.0492. The van der Waals surface area contributed by atoms with Gasteiger partial charge in [0.2, 0.25) is 0 Å². The zero-order chi connectivity index (χ0) is 14.7. The van der Waals surface area contributed by atoms with Crippen LogP contribution in [0.4, 0.5) is 4.39 Å². The number of carbonyl (C=O) groups excluding carboxylic acids is 2. The summed E-state index contributed by atoms with van der Waals surface area (Å²) in [7, 11) is 0. The third kappa shape index (κ3) is 2.72. The lowest BCUT2D eigenvalue weighted by molar-refractivity contribution is 0.0526. The van der Waals surface area contributed by atoms with Gasteiger partial charge in [0.1, 0.15) is 11.6 Å². The average Bonchev–Trinajstić information content (AvgIpc) is 2.87. The van der Waals surface area contributed by atoms with Crippen molar-refractivity contribution >= 4 is 23.9 Å².